The predicted molar refractivity (Wildman–Crippen MR) is 118 cm³/mol. The molecule has 3 aromatic carbocycles. The van der Waals surface area contributed by atoms with Gasteiger partial charge >= 0.3 is 5.69 Å². The molecule has 0 amide bonds. The van der Waals surface area contributed by atoms with E-state index in [1.807, 2.05) is 36.4 Å². The molecule has 152 valence electrons. The highest BCUT2D eigenvalue weighted by atomic mass is 35.5. The van der Waals surface area contributed by atoms with Gasteiger partial charge in [-0.25, -0.2) is 4.79 Å². The van der Waals surface area contributed by atoms with Crippen LogP contribution in [0.25, 0.3) is 33.7 Å². The van der Waals surface area contributed by atoms with Crippen LogP contribution in [0.15, 0.2) is 86.9 Å². The van der Waals surface area contributed by atoms with Crippen LogP contribution in [0.3, 0.4) is 0 Å². The van der Waals surface area contributed by atoms with Crippen LogP contribution in [0.2, 0.25) is 5.02 Å². The van der Waals surface area contributed by atoms with Crippen molar-refractivity contribution in [3.8, 4) is 22.8 Å². The Morgan fingerprint density at radius 3 is 2.58 bits per heavy atom. The molecule has 0 radical (unpaired) electrons. The Bertz CT molecular complexity index is 1520. The zero-order valence-corrected chi connectivity index (χ0v) is 16.8. The zero-order chi connectivity index (χ0) is 21.4. The maximum Gasteiger partial charge on any atom is 0.329 e. The maximum atomic E-state index is 12.9. The lowest BCUT2D eigenvalue weighted by molar-refractivity contribution is 0.432. The van der Waals surface area contributed by atoms with E-state index in [1.165, 1.54) is 0 Å². The van der Waals surface area contributed by atoms with Gasteiger partial charge in [-0.15, -0.1) is 0 Å². The summed E-state index contributed by atoms with van der Waals surface area (Å²) in [6.07, 6.45) is 0. The highest BCUT2D eigenvalue weighted by Crippen LogP contribution is 2.23. The molecule has 0 bridgehead atoms. The molecule has 7 nitrogen and oxygen atoms in total. The molecule has 8 heteroatoms. The van der Waals surface area contributed by atoms with E-state index < -0.39 is 5.69 Å². The van der Waals surface area contributed by atoms with Gasteiger partial charge in [-0.3, -0.25) is 9.36 Å². The second kappa shape index (κ2) is 7.70. The Labute approximate surface area is 180 Å². The Morgan fingerprint density at radius 2 is 1.77 bits per heavy atom. The fourth-order valence-corrected chi connectivity index (χ4v) is 3.61. The average Bonchev–Trinajstić information content (AvgIpc) is 3.27. The van der Waals surface area contributed by atoms with Crippen molar-refractivity contribution in [1.82, 2.24) is 19.7 Å². The second-order valence-corrected chi connectivity index (χ2v) is 7.44. The number of aromatic amines is 1. The molecule has 2 aromatic heterocycles. The largest absolute Gasteiger partial charge is 0.334 e. The van der Waals surface area contributed by atoms with E-state index in [2.05, 4.69) is 15.1 Å². The van der Waals surface area contributed by atoms with Crippen molar-refractivity contribution in [3.63, 3.8) is 0 Å². The molecule has 0 spiro atoms. The Hall–Kier alpha value is -3.97. The normalized spacial score (nSPS) is 11.1. The molecule has 2 heterocycles. The van der Waals surface area contributed by atoms with Gasteiger partial charge < -0.3 is 9.51 Å². The SMILES string of the molecule is O=c1[nH]c2cc(-c3nc(-c4ccccc4)no3)ccc2c(=O)n1Cc1cccc(Cl)c1. The molecule has 0 aliphatic rings. The second-order valence-electron chi connectivity index (χ2n) is 7.00. The number of halogens is 1. The van der Waals surface area contributed by atoms with Gasteiger partial charge in [0, 0.05) is 16.1 Å². The van der Waals surface area contributed by atoms with Gasteiger partial charge in [0.1, 0.15) is 0 Å². The van der Waals surface area contributed by atoms with Crippen LogP contribution in [0, 0.1) is 0 Å². The molecule has 1 N–H and O–H groups in total. The summed E-state index contributed by atoms with van der Waals surface area (Å²) in [5.41, 5.74) is 1.69. The van der Waals surface area contributed by atoms with Gasteiger partial charge in [0.2, 0.25) is 5.82 Å². The van der Waals surface area contributed by atoms with Crippen molar-refractivity contribution in [2.24, 2.45) is 0 Å². The van der Waals surface area contributed by atoms with E-state index in [-0.39, 0.29) is 12.1 Å². The molecule has 0 saturated carbocycles. The third-order valence-electron chi connectivity index (χ3n) is 4.92. The lowest BCUT2D eigenvalue weighted by Gasteiger charge is -2.07. The Balaban J connectivity index is 1.53. The minimum absolute atomic E-state index is 0.122. The highest BCUT2D eigenvalue weighted by Gasteiger charge is 2.14. The minimum atomic E-state index is -0.509. The van der Waals surface area contributed by atoms with Crippen molar-refractivity contribution < 1.29 is 4.52 Å². The standard InChI is InChI=1S/C23H15ClN4O3/c24-17-8-4-5-14(11-17)13-28-22(29)18-10-9-16(12-19(18)25-23(28)30)21-26-20(27-31-21)15-6-2-1-3-7-15/h1-12H,13H2,(H,25,30). The molecular weight excluding hydrogens is 416 g/mol. The van der Waals surface area contributed by atoms with E-state index in [1.54, 1.807) is 36.4 Å². The number of nitrogens with zero attached hydrogens (tertiary/aromatic N) is 3. The number of hydrogen-bond donors (Lipinski definition) is 1. The highest BCUT2D eigenvalue weighted by molar-refractivity contribution is 6.30. The van der Waals surface area contributed by atoms with E-state index in [0.717, 1.165) is 15.7 Å². The van der Waals surface area contributed by atoms with Gasteiger partial charge in [0.25, 0.3) is 11.4 Å². The van der Waals surface area contributed by atoms with Crippen molar-refractivity contribution in [2.75, 3.05) is 0 Å². The molecule has 0 unspecified atom stereocenters. The van der Waals surface area contributed by atoms with Crippen LogP contribution >= 0.6 is 11.6 Å². The first kappa shape index (κ1) is 19.0. The lowest BCUT2D eigenvalue weighted by atomic mass is 10.1. The van der Waals surface area contributed by atoms with Crippen LogP contribution in [0.5, 0.6) is 0 Å². The van der Waals surface area contributed by atoms with E-state index in [4.69, 9.17) is 16.1 Å². The monoisotopic (exact) mass is 430 g/mol. The topological polar surface area (TPSA) is 93.8 Å². The molecule has 0 saturated heterocycles. The van der Waals surface area contributed by atoms with E-state index in [0.29, 0.717) is 33.2 Å². The first-order valence-electron chi connectivity index (χ1n) is 9.49. The Morgan fingerprint density at radius 1 is 0.935 bits per heavy atom. The van der Waals surface area contributed by atoms with Gasteiger partial charge in [-0.2, -0.15) is 4.98 Å². The number of nitrogens with one attached hydrogen (secondary N) is 1. The molecule has 31 heavy (non-hydrogen) atoms. The number of rotatable bonds is 4. The van der Waals surface area contributed by atoms with Crippen LogP contribution < -0.4 is 11.2 Å². The first-order chi connectivity index (χ1) is 15.1. The van der Waals surface area contributed by atoms with Crippen LogP contribution in [0.4, 0.5) is 0 Å². The predicted octanol–water partition coefficient (Wildman–Crippen LogP) is 4.11. The summed E-state index contributed by atoms with van der Waals surface area (Å²) in [5, 5.41) is 4.94. The van der Waals surface area contributed by atoms with Gasteiger partial charge in [0.05, 0.1) is 17.4 Å². The number of benzene rings is 3. The average molecular weight is 431 g/mol. The fraction of sp³-hybridized carbons (Fsp3) is 0.0435. The quantitative estimate of drug-likeness (QED) is 0.463. The summed E-state index contributed by atoms with van der Waals surface area (Å²) in [6.45, 7) is 0.122. The molecule has 5 rings (SSSR count). The number of fused-ring (bicyclic) bond motifs is 1. The molecular formula is C23H15ClN4O3. The van der Waals surface area contributed by atoms with Gasteiger partial charge in [-0.1, -0.05) is 59.2 Å². The number of hydrogen-bond acceptors (Lipinski definition) is 5. The van der Waals surface area contributed by atoms with Crippen molar-refractivity contribution >= 4 is 22.5 Å². The summed E-state index contributed by atoms with van der Waals surface area (Å²) in [6, 6.07) is 21.5. The molecule has 0 atom stereocenters. The summed E-state index contributed by atoms with van der Waals surface area (Å²) in [7, 11) is 0. The van der Waals surface area contributed by atoms with Crippen molar-refractivity contribution in [3.05, 3.63) is 104 Å². The smallest absolute Gasteiger partial charge is 0.329 e. The summed E-state index contributed by atoms with van der Waals surface area (Å²) < 4.78 is 6.53. The zero-order valence-electron chi connectivity index (χ0n) is 16.1. The van der Waals surface area contributed by atoms with Crippen molar-refractivity contribution in [1.29, 1.82) is 0 Å². The number of aromatic nitrogens is 4. The molecule has 5 aromatic rings. The molecule has 0 aliphatic carbocycles. The van der Waals surface area contributed by atoms with Crippen molar-refractivity contribution in [2.45, 2.75) is 6.54 Å². The first-order valence-corrected chi connectivity index (χ1v) is 9.87. The third kappa shape index (κ3) is 3.67. The fourth-order valence-electron chi connectivity index (χ4n) is 3.39. The molecule has 0 aliphatic heterocycles. The van der Waals surface area contributed by atoms with Crippen LogP contribution in [-0.4, -0.2) is 19.7 Å². The van der Waals surface area contributed by atoms with Gasteiger partial charge in [-0.05, 0) is 35.9 Å². The van der Waals surface area contributed by atoms with E-state index in [9.17, 15) is 9.59 Å². The number of H-pyrrole nitrogens is 1. The third-order valence-corrected chi connectivity index (χ3v) is 5.15. The minimum Gasteiger partial charge on any atom is -0.334 e. The van der Waals surface area contributed by atoms with Crippen LogP contribution in [-0.2, 0) is 6.54 Å². The lowest BCUT2D eigenvalue weighted by Crippen LogP contribution is -2.35. The summed E-state index contributed by atoms with van der Waals surface area (Å²) in [5.74, 6) is 0.755. The van der Waals surface area contributed by atoms with E-state index >= 15 is 0 Å². The van der Waals surface area contributed by atoms with Crippen LogP contribution in [0.1, 0.15) is 5.56 Å². The summed E-state index contributed by atoms with van der Waals surface area (Å²) in [4.78, 5) is 32.7. The Kier molecular flexibility index (Phi) is 4.72. The summed E-state index contributed by atoms with van der Waals surface area (Å²) >= 11 is 6.01. The molecule has 0 fully saturated rings. The van der Waals surface area contributed by atoms with Gasteiger partial charge in [0.15, 0.2) is 0 Å². The maximum absolute atomic E-state index is 12.9.